The van der Waals surface area contributed by atoms with Crippen LogP contribution in [0.2, 0.25) is 0 Å². The van der Waals surface area contributed by atoms with Gasteiger partial charge in [-0.2, -0.15) is 0 Å². The molecule has 0 aliphatic heterocycles. The van der Waals surface area contributed by atoms with E-state index >= 15 is 0 Å². The van der Waals surface area contributed by atoms with E-state index in [2.05, 4.69) is 4.74 Å². The van der Waals surface area contributed by atoms with Gasteiger partial charge in [0.15, 0.2) is 0 Å². The maximum absolute atomic E-state index is 12.5. The minimum Gasteiger partial charge on any atom is -0.550 e. The minimum absolute atomic E-state index is 0. The maximum atomic E-state index is 12.5. The largest absolute Gasteiger partial charge is 1.00 e. The zero-order valence-electron chi connectivity index (χ0n) is 16.7. The first-order valence-electron chi connectivity index (χ1n) is 8.81. The van der Waals surface area contributed by atoms with E-state index in [1.807, 2.05) is 13.8 Å². The third-order valence-corrected chi connectivity index (χ3v) is 3.51. The Morgan fingerprint density at radius 3 is 1.70 bits per heavy atom. The fourth-order valence-electron chi connectivity index (χ4n) is 2.19. The number of rotatable bonds is 12. The average molecular weight is 389 g/mol. The number of carbonyl (C=O) groups excluding carboxylic acids is 4. The molecular formula is C19H28NNaO6. The Bertz CT molecular complexity index is 514. The van der Waals surface area contributed by atoms with E-state index in [9.17, 15) is 24.3 Å². The van der Waals surface area contributed by atoms with Gasteiger partial charge in [0.1, 0.15) is 6.04 Å². The number of ether oxygens (including phenoxy) is 1. The van der Waals surface area contributed by atoms with Crippen LogP contribution in [0.15, 0.2) is 24.3 Å². The number of allylic oxidation sites excluding steroid dienone is 2. The summed E-state index contributed by atoms with van der Waals surface area (Å²) in [4.78, 5) is 48.6. The predicted molar refractivity (Wildman–Crippen MR) is 94.6 cm³/mol. The number of hydrogen-bond acceptors (Lipinski definition) is 6. The first kappa shape index (κ1) is 27.8. The topological polar surface area (TPSA) is 104 Å². The van der Waals surface area contributed by atoms with Gasteiger partial charge in [0.05, 0.1) is 7.11 Å². The standard InChI is InChI=1S/C19H29NO6.Na/c1-4-6-8-10-12-16(21)20(17(22)13-11-9-7-5-2)15(14-18(23)24)19(25)26-3;/h8-11,15H,4-7,12-14H2,1-3H3,(H,23,24);/q;+1/p-1/b10-8+,11-9+;. The Morgan fingerprint density at radius 2 is 1.37 bits per heavy atom. The van der Waals surface area contributed by atoms with E-state index in [0.29, 0.717) is 4.90 Å². The maximum Gasteiger partial charge on any atom is 1.00 e. The average Bonchev–Trinajstić information content (AvgIpc) is 2.60. The molecule has 0 aliphatic carbocycles. The fourth-order valence-corrected chi connectivity index (χ4v) is 2.19. The number of carboxylic acids is 1. The van der Waals surface area contributed by atoms with Crippen molar-refractivity contribution in [2.24, 2.45) is 0 Å². The Balaban J connectivity index is 0. The predicted octanol–water partition coefficient (Wildman–Crippen LogP) is -1.48. The van der Waals surface area contributed by atoms with Gasteiger partial charge in [-0.1, -0.05) is 51.0 Å². The van der Waals surface area contributed by atoms with Crippen LogP contribution in [0.4, 0.5) is 0 Å². The molecule has 0 saturated carbocycles. The Labute approximate surface area is 183 Å². The number of carbonyl (C=O) groups is 4. The summed E-state index contributed by atoms with van der Waals surface area (Å²) in [7, 11) is 1.07. The van der Waals surface area contributed by atoms with Crippen molar-refractivity contribution >= 4 is 23.8 Å². The summed E-state index contributed by atoms with van der Waals surface area (Å²) in [5.74, 6) is -3.81. The van der Waals surface area contributed by atoms with Crippen LogP contribution in [0, 0.1) is 0 Å². The molecule has 0 saturated heterocycles. The van der Waals surface area contributed by atoms with Crippen LogP contribution < -0.4 is 34.7 Å². The molecule has 1 atom stereocenters. The molecule has 0 aromatic carbocycles. The molecule has 0 spiro atoms. The van der Waals surface area contributed by atoms with Crippen LogP contribution in [0.1, 0.15) is 58.8 Å². The quantitative estimate of drug-likeness (QED) is 0.229. The molecule has 146 valence electrons. The SMILES string of the molecule is CCC/C=C/CC(=O)N(C(=O)C/C=C/CCC)C(CC(=O)[O-])C(=O)OC.[Na+]. The molecule has 1 unspecified atom stereocenters. The zero-order valence-corrected chi connectivity index (χ0v) is 18.7. The number of hydrogen-bond donors (Lipinski definition) is 0. The summed E-state index contributed by atoms with van der Waals surface area (Å²) in [5.41, 5.74) is 0. The van der Waals surface area contributed by atoms with Crippen molar-refractivity contribution in [3.8, 4) is 0 Å². The normalized spacial score (nSPS) is 11.8. The van der Waals surface area contributed by atoms with Crippen LogP contribution >= 0.6 is 0 Å². The molecule has 0 N–H and O–H groups in total. The number of nitrogens with zero attached hydrogens (tertiary/aromatic N) is 1. The minimum atomic E-state index is -1.55. The number of imide groups is 1. The first-order chi connectivity index (χ1) is 12.4. The van der Waals surface area contributed by atoms with Crippen molar-refractivity contribution in [3.63, 3.8) is 0 Å². The third kappa shape index (κ3) is 11.8. The van der Waals surface area contributed by atoms with Crippen molar-refractivity contribution in [1.82, 2.24) is 4.90 Å². The summed E-state index contributed by atoms with van der Waals surface area (Å²) < 4.78 is 4.57. The number of methoxy groups -OCH3 is 1. The van der Waals surface area contributed by atoms with Crippen molar-refractivity contribution in [2.45, 2.75) is 64.8 Å². The Hall–Kier alpha value is -1.44. The number of amides is 2. The molecule has 0 aliphatic rings. The summed E-state index contributed by atoms with van der Waals surface area (Å²) in [5, 5.41) is 11.0. The summed E-state index contributed by atoms with van der Waals surface area (Å²) >= 11 is 0. The molecule has 0 heterocycles. The smallest absolute Gasteiger partial charge is 0.550 e. The molecule has 0 aromatic heterocycles. The van der Waals surface area contributed by atoms with Gasteiger partial charge in [0.2, 0.25) is 11.8 Å². The Kier molecular flexibility index (Phi) is 17.2. The van der Waals surface area contributed by atoms with Gasteiger partial charge in [-0.15, -0.1) is 0 Å². The zero-order chi connectivity index (χ0) is 19.9. The molecule has 27 heavy (non-hydrogen) atoms. The molecule has 0 radical (unpaired) electrons. The van der Waals surface area contributed by atoms with Gasteiger partial charge in [-0.25, -0.2) is 4.79 Å². The van der Waals surface area contributed by atoms with Gasteiger partial charge >= 0.3 is 35.5 Å². The summed E-state index contributed by atoms with van der Waals surface area (Å²) in [6, 6.07) is -1.54. The molecule has 0 rings (SSSR count). The van der Waals surface area contributed by atoms with Crippen LogP contribution in [0.3, 0.4) is 0 Å². The van der Waals surface area contributed by atoms with Crippen LogP contribution in [-0.2, 0) is 23.9 Å². The summed E-state index contributed by atoms with van der Waals surface area (Å²) in [6.07, 6.45) is 9.16. The van der Waals surface area contributed by atoms with Crippen molar-refractivity contribution in [3.05, 3.63) is 24.3 Å². The van der Waals surface area contributed by atoms with E-state index in [1.54, 1.807) is 24.3 Å². The number of aliphatic carboxylic acids is 1. The molecule has 2 amide bonds. The van der Waals surface area contributed by atoms with Crippen LogP contribution in [0.5, 0.6) is 0 Å². The number of carboxylic acid groups (broad SMARTS) is 1. The Morgan fingerprint density at radius 1 is 0.926 bits per heavy atom. The van der Waals surface area contributed by atoms with E-state index in [0.717, 1.165) is 32.8 Å². The molecule has 0 bridgehead atoms. The second-order valence-electron chi connectivity index (χ2n) is 5.70. The van der Waals surface area contributed by atoms with Crippen molar-refractivity contribution in [1.29, 1.82) is 0 Å². The molecular weight excluding hydrogens is 361 g/mol. The summed E-state index contributed by atoms with van der Waals surface area (Å²) in [6.45, 7) is 3.97. The first-order valence-corrected chi connectivity index (χ1v) is 8.81. The second kappa shape index (κ2) is 16.7. The van der Waals surface area contributed by atoms with E-state index < -0.39 is 36.2 Å². The van der Waals surface area contributed by atoms with E-state index in [4.69, 9.17) is 0 Å². The van der Waals surface area contributed by atoms with Gasteiger partial charge < -0.3 is 14.6 Å². The van der Waals surface area contributed by atoms with Gasteiger partial charge in [-0.05, 0) is 12.8 Å². The van der Waals surface area contributed by atoms with Crippen LogP contribution in [-0.4, -0.2) is 41.8 Å². The van der Waals surface area contributed by atoms with Crippen LogP contribution in [0.25, 0.3) is 0 Å². The van der Waals surface area contributed by atoms with Crippen molar-refractivity contribution in [2.75, 3.05) is 7.11 Å². The monoisotopic (exact) mass is 389 g/mol. The number of esters is 1. The van der Waals surface area contributed by atoms with Crippen molar-refractivity contribution < 1.29 is 58.6 Å². The molecule has 0 aromatic rings. The second-order valence-corrected chi connectivity index (χ2v) is 5.70. The fraction of sp³-hybridized carbons (Fsp3) is 0.579. The van der Waals surface area contributed by atoms with Gasteiger partial charge in [-0.3, -0.25) is 14.5 Å². The molecule has 7 nitrogen and oxygen atoms in total. The molecule has 8 heteroatoms. The van der Waals surface area contributed by atoms with Gasteiger partial charge in [0.25, 0.3) is 0 Å². The van der Waals surface area contributed by atoms with E-state index in [-0.39, 0.29) is 42.4 Å². The molecule has 0 fully saturated rings. The number of unbranched alkanes of at least 4 members (excludes halogenated alkanes) is 2. The third-order valence-electron chi connectivity index (χ3n) is 3.51. The van der Waals surface area contributed by atoms with E-state index in [1.165, 1.54) is 0 Å². The van der Waals surface area contributed by atoms with Gasteiger partial charge in [0, 0.05) is 25.2 Å².